The first-order chi connectivity index (χ1) is 9.31. The zero-order valence-corrected chi connectivity index (χ0v) is 10.5. The molecule has 1 aliphatic rings. The second-order valence-corrected chi connectivity index (χ2v) is 4.59. The van der Waals surface area contributed by atoms with E-state index >= 15 is 0 Å². The molecule has 0 fully saturated rings. The van der Waals surface area contributed by atoms with Gasteiger partial charge in [0, 0.05) is 37.0 Å². The maximum atomic E-state index is 11.8. The fraction of sp³-hybridized carbons (Fsp3) is 0.286. The van der Waals surface area contributed by atoms with Crippen LogP contribution in [0.15, 0.2) is 41.2 Å². The minimum Gasteiger partial charge on any atom is -0.465 e. The van der Waals surface area contributed by atoms with Crippen molar-refractivity contribution in [2.45, 2.75) is 25.4 Å². The van der Waals surface area contributed by atoms with E-state index in [0.29, 0.717) is 5.76 Å². The zero-order chi connectivity index (χ0) is 13.1. The van der Waals surface area contributed by atoms with Gasteiger partial charge in [-0.3, -0.25) is 9.48 Å². The number of carbonyl (C=O) groups is 1. The number of fused-ring (bicyclic) bond motifs is 1. The Morgan fingerprint density at radius 3 is 3.32 bits per heavy atom. The van der Waals surface area contributed by atoms with Crippen molar-refractivity contribution >= 4 is 12.0 Å². The van der Waals surface area contributed by atoms with Crippen molar-refractivity contribution in [3.63, 3.8) is 0 Å². The standard InChI is InChI=1S/C14H15N3O2/c18-14(4-3-13-2-1-9-19-13)16-11-6-8-17-12(10-11)5-7-15-17/h1-5,7,9,11H,6,8,10H2,(H,16,18)/b4-3+. The molecule has 0 aromatic carbocycles. The summed E-state index contributed by atoms with van der Waals surface area (Å²) in [6, 6.07) is 5.78. The molecular weight excluding hydrogens is 242 g/mol. The number of amides is 1. The second-order valence-electron chi connectivity index (χ2n) is 4.59. The van der Waals surface area contributed by atoms with Crippen LogP contribution in [0, 0.1) is 0 Å². The summed E-state index contributed by atoms with van der Waals surface area (Å²) < 4.78 is 7.12. The number of aromatic nitrogens is 2. The molecule has 1 unspecified atom stereocenters. The van der Waals surface area contributed by atoms with Gasteiger partial charge in [0.1, 0.15) is 5.76 Å². The van der Waals surface area contributed by atoms with Gasteiger partial charge in [0.15, 0.2) is 0 Å². The van der Waals surface area contributed by atoms with Crippen molar-refractivity contribution in [3.05, 3.63) is 48.2 Å². The van der Waals surface area contributed by atoms with E-state index in [1.54, 1.807) is 24.6 Å². The van der Waals surface area contributed by atoms with Gasteiger partial charge in [-0.15, -0.1) is 0 Å². The van der Waals surface area contributed by atoms with Crippen molar-refractivity contribution in [1.29, 1.82) is 0 Å². The van der Waals surface area contributed by atoms with Crippen LogP contribution < -0.4 is 5.32 Å². The van der Waals surface area contributed by atoms with E-state index in [9.17, 15) is 4.79 Å². The van der Waals surface area contributed by atoms with Crippen LogP contribution in [-0.2, 0) is 17.8 Å². The minimum absolute atomic E-state index is 0.0886. The van der Waals surface area contributed by atoms with Gasteiger partial charge < -0.3 is 9.73 Å². The van der Waals surface area contributed by atoms with E-state index < -0.39 is 0 Å². The maximum Gasteiger partial charge on any atom is 0.244 e. The highest BCUT2D eigenvalue weighted by Gasteiger charge is 2.19. The maximum absolute atomic E-state index is 11.8. The second kappa shape index (κ2) is 5.14. The Kier molecular flexibility index (Phi) is 3.18. The SMILES string of the molecule is O=C(/C=C/c1ccco1)NC1CCn2nccc2C1. The summed E-state index contributed by atoms with van der Waals surface area (Å²) in [6.07, 6.45) is 8.30. The van der Waals surface area contributed by atoms with Crippen LogP contribution in [0.3, 0.4) is 0 Å². The quantitative estimate of drug-likeness (QED) is 0.850. The number of nitrogens with zero attached hydrogens (tertiary/aromatic N) is 2. The van der Waals surface area contributed by atoms with E-state index in [4.69, 9.17) is 4.42 Å². The van der Waals surface area contributed by atoms with Gasteiger partial charge in [-0.2, -0.15) is 5.10 Å². The Labute approximate surface area is 110 Å². The van der Waals surface area contributed by atoms with Crippen molar-refractivity contribution in [2.75, 3.05) is 0 Å². The van der Waals surface area contributed by atoms with Crippen molar-refractivity contribution in [1.82, 2.24) is 15.1 Å². The lowest BCUT2D eigenvalue weighted by molar-refractivity contribution is -0.117. The molecule has 5 heteroatoms. The molecule has 0 saturated heterocycles. The summed E-state index contributed by atoms with van der Waals surface area (Å²) in [4.78, 5) is 11.8. The smallest absolute Gasteiger partial charge is 0.244 e. The molecule has 19 heavy (non-hydrogen) atoms. The third-order valence-electron chi connectivity index (χ3n) is 3.24. The van der Waals surface area contributed by atoms with Crippen LogP contribution in [-0.4, -0.2) is 21.7 Å². The van der Waals surface area contributed by atoms with Gasteiger partial charge in [-0.05, 0) is 30.7 Å². The Hall–Kier alpha value is -2.30. The third-order valence-corrected chi connectivity index (χ3v) is 3.24. The van der Waals surface area contributed by atoms with Crippen LogP contribution in [0.2, 0.25) is 0 Å². The number of nitrogens with one attached hydrogen (secondary N) is 1. The molecule has 0 aliphatic carbocycles. The Balaban J connectivity index is 1.56. The van der Waals surface area contributed by atoms with Crippen molar-refractivity contribution < 1.29 is 9.21 Å². The Bertz CT molecular complexity index is 584. The monoisotopic (exact) mass is 257 g/mol. The zero-order valence-electron chi connectivity index (χ0n) is 10.5. The van der Waals surface area contributed by atoms with Gasteiger partial charge >= 0.3 is 0 Å². The molecule has 0 bridgehead atoms. The fourth-order valence-corrected chi connectivity index (χ4v) is 2.28. The first-order valence-electron chi connectivity index (χ1n) is 6.34. The number of aryl methyl sites for hydroxylation is 1. The lowest BCUT2D eigenvalue weighted by Gasteiger charge is -2.23. The van der Waals surface area contributed by atoms with Crippen molar-refractivity contribution in [3.8, 4) is 0 Å². The Morgan fingerprint density at radius 1 is 1.53 bits per heavy atom. The summed E-state index contributed by atoms with van der Waals surface area (Å²) >= 11 is 0. The van der Waals surface area contributed by atoms with Gasteiger partial charge in [0.25, 0.3) is 0 Å². The number of rotatable bonds is 3. The first kappa shape index (κ1) is 11.8. The number of carbonyl (C=O) groups excluding carboxylic acids is 1. The number of hydrogen-bond acceptors (Lipinski definition) is 3. The summed E-state index contributed by atoms with van der Waals surface area (Å²) in [5, 5.41) is 7.22. The van der Waals surface area contributed by atoms with Crippen LogP contribution in [0.1, 0.15) is 17.9 Å². The van der Waals surface area contributed by atoms with Crippen molar-refractivity contribution in [2.24, 2.45) is 0 Å². The minimum atomic E-state index is -0.0886. The molecule has 0 radical (unpaired) electrons. The number of hydrogen-bond donors (Lipinski definition) is 1. The van der Waals surface area contributed by atoms with Gasteiger partial charge in [0.2, 0.25) is 5.91 Å². The molecule has 1 aliphatic heterocycles. The lowest BCUT2D eigenvalue weighted by atomic mass is 10.0. The summed E-state index contributed by atoms with van der Waals surface area (Å²) in [5.74, 6) is 0.589. The molecule has 2 aromatic rings. The topological polar surface area (TPSA) is 60.1 Å². The van der Waals surface area contributed by atoms with E-state index in [1.165, 1.54) is 11.8 Å². The molecule has 1 atom stereocenters. The summed E-state index contributed by atoms with van der Waals surface area (Å²) in [5.41, 5.74) is 1.17. The van der Waals surface area contributed by atoms with Crippen LogP contribution in [0.25, 0.3) is 6.08 Å². The average molecular weight is 257 g/mol. The fourth-order valence-electron chi connectivity index (χ4n) is 2.28. The third kappa shape index (κ3) is 2.76. The molecule has 5 nitrogen and oxygen atoms in total. The first-order valence-corrected chi connectivity index (χ1v) is 6.34. The molecule has 0 saturated carbocycles. The Morgan fingerprint density at radius 2 is 2.47 bits per heavy atom. The van der Waals surface area contributed by atoms with Gasteiger partial charge in [0.05, 0.1) is 6.26 Å². The highest BCUT2D eigenvalue weighted by molar-refractivity contribution is 5.91. The normalized spacial score (nSPS) is 18.4. The molecular formula is C14H15N3O2. The van der Waals surface area contributed by atoms with E-state index in [1.807, 2.05) is 16.8 Å². The average Bonchev–Trinajstić information content (AvgIpc) is 3.07. The van der Waals surface area contributed by atoms with Crippen LogP contribution >= 0.6 is 0 Å². The van der Waals surface area contributed by atoms with E-state index in [0.717, 1.165) is 19.4 Å². The predicted octanol–water partition coefficient (Wildman–Crippen LogP) is 1.62. The highest BCUT2D eigenvalue weighted by atomic mass is 16.3. The van der Waals surface area contributed by atoms with Gasteiger partial charge in [-0.1, -0.05) is 0 Å². The largest absolute Gasteiger partial charge is 0.465 e. The highest BCUT2D eigenvalue weighted by Crippen LogP contribution is 2.13. The van der Waals surface area contributed by atoms with Crippen LogP contribution in [0.5, 0.6) is 0 Å². The molecule has 1 N–H and O–H groups in total. The summed E-state index contributed by atoms with van der Waals surface area (Å²) in [7, 11) is 0. The molecule has 98 valence electrons. The van der Waals surface area contributed by atoms with E-state index in [2.05, 4.69) is 10.4 Å². The predicted molar refractivity (Wildman–Crippen MR) is 70.2 cm³/mol. The molecule has 1 amide bonds. The van der Waals surface area contributed by atoms with Crippen LogP contribution in [0.4, 0.5) is 0 Å². The number of furan rings is 1. The molecule has 2 aromatic heterocycles. The lowest BCUT2D eigenvalue weighted by Crippen LogP contribution is -2.39. The molecule has 0 spiro atoms. The molecule has 3 heterocycles. The molecule has 3 rings (SSSR count). The van der Waals surface area contributed by atoms with Gasteiger partial charge in [-0.25, -0.2) is 0 Å². The van der Waals surface area contributed by atoms with E-state index in [-0.39, 0.29) is 11.9 Å². The summed E-state index contributed by atoms with van der Waals surface area (Å²) in [6.45, 7) is 0.856.